The van der Waals surface area contributed by atoms with E-state index in [0.29, 0.717) is 5.88 Å². The van der Waals surface area contributed by atoms with E-state index in [9.17, 15) is 4.79 Å². The van der Waals surface area contributed by atoms with Crippen LogP contribution >= 0.6 is 11.6 Å². The Kier molecular flexibility index (Phi) is 19.6. The Balaban J connectivity index is 1.94. The first-order chi connectivity index (χ1) is 16.3. The molecule has 0 radical (unpaired) electrons. The van der Waals surface area contributed by atoms with Crippen molar-refractivity contribution in [3.8, 4) is 5.75 Å². The van der Waals surface area contributed by atoms with Crippen molar-refractivity contribution in [1.82, 2.24) is 0 Å². The summed E-state index contributed by atoms with van der Waals surface area (Å²) >= 11 is 5.49. The summed E-state index contributed by atoms with van der Waals surface area (Å²) in [5.41, 5.74) is 0.932. The average molecular weight is 477 g/mol. The fourth-order valence-electron chi connectivity index (χ4n) is 3.57. The fourth-order valence-corrected chi connectivity index (χ4v) is 3.64. The number of ether oxygens (including phenoxy) is 2. The van der Waals surface area contributed by atoms with Gasteiger partial charge in [0, 0.05) is 6.08 Å². The summed E-state index contributed by atoms with van der Waals surface area (Å²) in [6.45, 7) is 3.25. The number of rotatable bonds is 21. The van der Waals surface area contributed by atoms with Gasteiger partial charge in [-0.3, -0.25) is 0 Å². The van der Waals surface area contributed by atoms with Crippen molar-refractivity contribution >= 4 is 23.6 Å². The molecule has 0 saturated carbocycles. The van der Waals surface area contributed by atoms with Gasteiger partial charge in [0.25, 0.3) is 0 Å². The molecular formula is C29H45ClO3. The largest absolute Gasteiger partial charge is 0.494 e. The minimum atomic E-state index is -0.379. The molecule has 1 aromatic rings. The number of esters is 1. The van der Waals surface area contributed by atoms with Crippen LogP contribution in [0.1, 0.15) is 102 Å². The van der Waals surface area contributed by atoms with E-state index in [1.165, 1.54) is 89.5 Å². The van der Waals surface area contributed by atoms with Crippen LogP contribution in [0, 0.1) is 0 Å². The van der Waals surface area contributed by atoms with Crippen LogP contribution < -0.4 is 4.74 Å². The zero-order chi connectivity index (χ0) is 23.8. The molecule has 0 aliphatic heterocycles. The van der Waals surface area contributed by atoms with Crippen LogP contribution in [0.2, 0.25) is 0 Å². The lowest BCUT2D eigenvalue weighted by Gasteiger charge is -2.06. The Labute approximate surface area is 207 Å². The van der Waals surface area contributed by atoms with Gasteiger partial charge in [0.1, 0.15) is 12.4 Å². The molecule has 3 nitrogen and oxygen atoms in total. The number of alkyl halides is 1. The number of carbonyl (C=O) groups excluding carboxylic acids is 1. The molecule has 0 amide bonds. The molecule has 0 heterocycles. The van der Waals surface area contributed by atoms with E-state index in [4.69, 9.17) is 21.1 Å². The summed E-state index contributed by atoms with van der Waals surface area (Å²) in [4.78, 5) is 11.4. The summed E-state index contributed by atoms with van der Waals surface area (Å²) in [5.74, 6) is 0.793. The molecule has 0 N–H and O–H groups in total. The van der Waals surface area contributed by atoms with Gasteiger partial charge in [0.05, 0.1) is 12.5 Å². The van der Waals surface area contributed by atoms with Crippen LogP contribution in [0.5, 0.6) is 5.75 Å². The van der Waals surface area contributed by atoms with Crippen LogP contribution in [0.4, 0.5) is 0 Å². The first-order valence-corrected chi connectivity index (χ1v) is 13.6. The molecule has 0 saturated heterocycles. The predicted octanol–water partition coefficient (Wildman–Crippen LogP) is 8.90. The number of allylic oxidation sites excluding steroid dienone is 2. The molecule has 0 aromatic heterocycles. The summed E-state index contributed by atoms with van der Waals surface area (Å²) in [6, 6.07) is 7.73. The second-order valence-electron chi connectivity index (χ2n) is 8.55. The number of benzene rings is 1. The molecule has 1 rings (SSSR count). The van der Waals surface area contributed by atoms with Gasteiger partial charge >= 0.3 is 5.97 Å². The highest BCUT2D eigenvalue weighted by molar-refractivity contribution is 6.18. The van der Waals surface area contributed by atoms with Gasteiger partial charge < -0.3 is 9.47 Å². The Morgan fingerprint density at radius 3 is 1.97 bits per heavy atom. The lowest BCUT2D eigenvalue weighted by molar-refractivity contribution is -0.137. The number of carbonyl (C=O) groups is 1. The van der Waals surface area contributed by atoms with Crippen LogP contribution in [-0.4, -0.2) is 25.1 Å². The highest BCUT2D eigenvalue weighted by Gasteiger charge is 1.98. The molecule has 0 aliphatic rings. The van der Waals surface area contributed by atoms with Crippen LogP contribution in [0.3, 0.4) is 0 Å². The van der Waals surface area contributed by atoms with Crippen molar-refractivity contribution in [1.29, 1.82) is 0 Å². The third kappa shape index (κ3) is 18.4. The molecule has 1 aromatic carbocycles. The Hall–Kier alpha value is -1.74. The van der Waals surface area contributed by atoms with Crippen molar-refractivity contribution in [2.45, 2.75) is 96.8 Å². The zero-order valence-electron chi connectivity index (χ0n) is 20.7. The van der Waals surface area contributed by atoms with Crippen molar-refractivity contribution < 1.29 is 14.3 Å². The van der Waals surface area contributed by atoms with Gasteiger partial charge in [0.15, 0.2) is 0 Å². The van der Waals surface area contributed by atoms with Gasteiger partial charge in [-0.2, -0.15) is 0 Å². The van der Waals surface area contributed by atoms with Crippen molar-refractivity contribution in [2.24, 2.45) is 0 Å². The maximum Gasteiger partial charge on any atom is 0.330 e. The van der Waals surface area contributed by atoms with Gasteiger partial charge in [-0.25, -0.2) is 4.79 Å². The summed E-state index contributed by atoms with van der Waals surface area (Å²) < 4.78 is 10.7. The second-order valence-corrected chi connectivity index (χ2v) is 8.92. The van der Waals surface area contributed by atoms with Crippen LogP contribution in [-0.2, 0) is 9.53 Å². The van der Waals surface area contributed by atoms with Gasteiger partial charge in [-0.1, -0.05) is 89.0 Å². The molecule has 0 atom stereocenters. The van der Waals surface area contributed by atoms with E-state index >= 15 is 0 Å². The predicted molar refractivity (Wildman–Crippen MR) is 142 cm³/mol. The van der Waals surface area contributed by atoms with Gasteiger partial charge in [0.2, 0.25) is 0 Å². The monoisotopic (exact) mass is 476 g/mol. The van der Waals surface area contributed by atoms with E-state index in [0.717, 1.165) is 24.3 Å². The minimum absolute atomic E-state index is 0.230. The number of hydrogen-bond donors (Lipinski definition) is 0. The van der Waals surface area contributed by atoms with Gasteiger partial charge in [-0.05, 0) is 55.9 Å². The number of hydrogen-bond acceptors (Lipinski definition) is 3. The zero-order valence-corrected chi connectivity index (χ0v) is 21.5. The quantitative estimate of drug-likeness (QED) is 0.0583. The molecule has 0 fully saturated rings. The molecule has 186 valence electrons. The number of unbranched alkanes of at least 4 members (excludes halogenated alkanes) is 12. The summed E-state index contributed by atoms with van der Waals surface area (Å²) in [5, 5.41) is 0. The summed E-state index contributed by atoms with van der Waals surface area (Å²) in [6.07, 6.45) is 26.3. The van der Waals surface area contributed by atoms with E-state index in [-0.39, 0.29) is 12.6 Å². The topological polar surface area (TPSA) is 35.5 Å². The summed E-state index contributed by atoms with van der Waals surface area (Å²) in [7, 11) is 0. The standard InChI is InChI=1S/C29H45ClO3/c1-2-3-4-5-6-7-8-9-10-11-12-13-14-15-16-17-25-32-28-21-18-27(19-22-28)20-23-29(31)33-26-24-30/h10-11,18-23H,2-9,12-17,24-26H2,1H3/b11-10+,23-20+. The Morgan fingerprint density at radius 2 is 1.36 bits per heavy atom. The molecule has 0 bridgehead atoms. The normalized spacial score (nSPS) is 11.5. The lowest BCUT2D eigenvalue weighted by Crippen LogP contribution is -2.02. The smallest absolute Gasteiger partial charge is 0.330 e. The molecular weight excluding hydrogens is 432 g/mol. The Bertz CT molecular complexity index is 637. The van der Waals surface area contributed by atoms with E-state index in [2.05, 4.69) is 19.1 Å². The van der Waals surface area contributed by atoms with E-state index < -0.39 is 0 Å². The van der Waals surface area contributed by atoms with Crippen LogP contribution in [0.25, 0.3) is 6.08 Å². The second kappa shape index (κ2) is 22.1. The van der Waals surface area contributed by atoms with E-state index in [1.54, 1.807) is 6.08 Å². The molecule has 33 heavy (non-hydrogen) atoms. The first kappa shape index (κ1) is 29.3. The molecule has 0 spiro atoms. The Morgan fingerprint density at radius 1 is 0.788 bits per heavy atom. The lowest BCUT2D eigenvalue weighted by atomic mass is 10.1. The van der Waals surface area contributed by atoms with E-state index in [1.807, 2.05) is 24.3 Å². The average Bonchev–Trinajstić information content (AvgIpc) is 2.84. The SMILES string of the molecule is CCCCCCCCC/C=C/CCCCCCCOc1ccc(/C=C/C(=O)OCCCl)cc1. The number of halogens is 1. The maximum absolute atomic E-state index is 11.4. The van der Waals surface area contributed by atoms with Gasteiger partial charge in [-0.15, -0.1) is 11.6 Å². The fraction of sp³-hybridized carbons (Fsp3) is 0.621. The van der Waals surface area contributed by atoms with Crippen molar-refractivity contribution in [3.63, 3.8) is 0 Å². The third-order valence-electron chi connectivity index (χ3n) is 5.54. The highest BCUT2D eigenvalue weighted by Crippen LogP contribution is 2.15. The maximum atomic E-state index is 11.4. The molecule has 0 unspecified atom stereocenters. The highest BCUT2D eigenvalue weighted by atomic mass is 35.5. The van der Waals surface area contributed by atoms with Crippen molar-refractivity contribution in [2.75, 3.05) is 19.1 Å². The minimum Gasteiger partial charge on any atom is -0.494 e. The first-order valence-electron chi connectivity index (χ1n) is 13.0. The van der Waals surface area contributed by atoms with Crippen LogP contribution in [0.15, 0.2) is 42.5 Å². The third-order valence-corrected chi connectivity index (χ3v) is 5.69. The molecule has 0 aliphatic carbocycles. The van der Waals surface area contributed by atoms with Crippen molar-refractivity contribution in [3.05, 3.63) is 48.1 Å². The molecule has 4 heteroatoms.